The lowest BCUT2D eigenvalue weighted by molar-refractivity contribution is 0.477. The molecule has 0 radical (unpaired) electrons. The van der Waals surface area contributed by atoms with Crippen molar-refractivity contribution in [1.29, 1.82) is 0 Å². The number of rotatable bonds is 3. The van der Waals surface area contributed by atoms with Crippen molar-refractivity contribution in [2.75, 3.05) is 17.1 Å². The molecule has 0 saturated carbocycles. The van der Waals surface area contributed by atoms with Gasteiger partial charge in [0.15, 0.2) is 0 Å². The molecule has 2 aromatic carbocycles. The molecule has 0 fully saturated rings. The van der Waals surface area contributed by atoms with Crippen LogP contribution in [-0.2, 0) is 10.0 Å². The fraction of sp³-hybridized carbons (Fsp3) is 0.0769. The number of para-hydroxylation sites is 1. The van der Waals surface area contributed by atoms with Gasteiger partial charge in [-0.1, -0.05) is 12.1 Å². The van der Waals surface area contributed by atoms with E-state index in [9.17, 15) is 17.9 Å². The van der Waals surface area contributed by atoms with Crippen LogP contribution in [0, 0.1) is 5.82 Å². The molecule has 0 aliphatic carbocycles. The average molecular weight is 296 g/mol. The number of aromatic hydroxyl groups is 1. The topological polar surface area (TPSA) is 83.6 Å². The van der Waals surface area contributed by atoms with Crippen LogP contribution in [0.5, 0.6) is 5.75 Å². The standard InChI is InChI=1S/C13H13FN2O3S/c1-16(12-5-3-2-4-10(12)14)20(18,19)9-6-7-13(17)11(15)8-9/h2-8,17H,15H2,1H3. The third-order valence-corrected chi connectivity index (χ3v) is 4.62. The largest absolute Gasteiger partial charge is 0.506 e. The molecule has 3 N–H and O–H groups in total. The number of phenolic OH excluding ortho intramolecular Hbond substituents is 1. The number of nitrogens with zero attached hydrogens (tertiary/aromatic N) is 1. The molecule has 0 unspecified atom stereocenters. The molecule has 0 bridgehead atoms. The lowest BCUT2D eigenvalue weighted by Gasteiger charge is -2.20. The van der Waals surface area contributed by atoms with Gasteiger partial charge in [0.1, 0.15) is 11.6 Å². The summed E-state index contributed by atoms with van der Waals surface area (Å²) < 4.78 is 39.2. The van der Waals surface area contributed by atoms with Gasteiger partial charge >= 0.3 is 0 Å². The Hall–Kier alpha value is -2.28. The molecule has 20 heavy (non-hydrogen) atoms. The van der Waals surface area contributed by atoms with Gasteiger partial charge in [-0.3, -0.25) is 4.31 Å². The predicted molar refractivity (Wildman–Crippen MR) is 74.5 cm³/mol. The van der Waals surface area contributed by atoms with E-state index < -0.39 is 15.8 Å². The second-order valence-electron chi connectivity index (χ2n) is 4.14. The molecule has 106 valence electrons. The van der Waals surface area contributed by atoms with E-state index in [0.717, 1.165) is 10.4 Å². The molecular weight excluding hydrogens is 283 g/mol. The summed E-state index contributed by atoms with van der Waals surface area (Å²) in [5, 5.41) is 9.32. The quantitative estimate of drug-likeness (QED) is 0.669. The van der Waals surface area contributed by atoms with Gasteiger partial charge in [0.05, 0.1) is 16.3 Å². The van der Waals surface area contributed by atoms with Crippen LogP contribution in [0.25, 0.3) is 0 Å². The maximum Gasteiger partial charge on any atom is 0.264 e. The van der Waals surface area contributed by atoms with Crippen molar-refractivity contribution in [2.24, 2.45) is 0 Å². The SMILES string of the molecule is CN(c1ccccc1F)S(=O)(=O)c1ccc(O)c(N)c1. The second-order valence-corrected chi connectivity index (χ2v) is 6.11. The van der Waals surface area contributed by atoms with Gasteiger partial charge in [0.25, 0.3) is 10.0 Å². The highest BCUT2D eigenvalue weighted by atomic mass is 32.2. The maximum atomic E-state index is 13.7. The Morgan fingerprint density at radius 2 is 1.85 bits per heavy atom. The molecule has 0 atom stereocenters. The molecule has 0 aromatic heterocycles. The molecule has 2 aromatic rings. The molecule has 2 rings (SSSR count). The van der Waals surface area contributed by atoms with Crippen LogP contribution in [0.15, 0.2) is 47.4 Å². The number of anilines is 2. The average Bonchev–Trinajstić information content (AvgIpc) is 2.41. The number of halogens is 1. The molecule has 0 heterocycles. The normalized spacial score (nSPS) is 11.3. The zero-order valence-corrected chi connectivity index (χ0v) is 11.4. The summed E-state index contributed by atoms with van der Waals surface area (Å²) in [5.41, 5.74) is 5.35. The molecular formula is C13H13FN2O3S. The van der Waals surface area contributed by atoms with Crippen molar-refractivity contribution in [3.63, 3.8) is 0 Å². The number of hydrogen-bond donors (Lipinski definition) is 2. The van der Waals surface area contributed by atoms with Crippen LogP contribution in [0.4, 0.5) is 15.8 Å². The Morgan fingerprint density at radius 1 is 1.20 bits per heavy atom. The Bertz CT molecular complexity index is 747. The number of nitrogen functional groups attached to an aromatic ring is 1. The van der Waals surface area contributed by atoms with Gasteiger partial charge in [-0.05, 0) is 30.3 Å². The van der Waals surface area contributed by atoms with Crippen molar-refractivity contribution in [3.8, 4) is 5.75 Å². The van der Waals surface area contributed by atoms with E-state index in [-0.39, 0.29) is 22.0 Å². The summed E-state index contributed by atoms with van der Waals surface area (Å²) in [6, 6.07) is 9.05. The summed E-state index contributed by atoms with van der Waals surface area (Å²) in [6.45, 7) is 0. The number of nitrogens with two attached hydrogens (primary N) is 1. The summed E-state index contributed by atoms with van der Waals surface area (Å²) in [4.78, 5) is -0.126. The van der Waals surface area contributed by atoms with Crippen molar-refractivity contribution in [3.05, 3.63) is 48.3 Å². The number of phenols is 1. The summed E-state index contributed by atoms with van der Waals surface area (Å²) in [5.74, 6) is -0.858. The highest BCUT2D eigenvalue weighted by Gasteiger charge is 2.23. The summed E-state index contributed by atoms with van der Waals surface area (Å²) in [7, 11) is -2.70. The molecule has 0 spiro atoms. The van der Waals surface area contributed by atoms with E-state index in [1.807, 2.05) is 0 Å². The summed E-state index contributed by atoms with van der Waals surface area (Å²) >= 11 is 0. The fourth-order valence-corrected chi connectivity index (χ4v) is 2.93. The third kappa shape index (κ3) is 2.39. The highest BCUT2D eigenvalue weighted by Crippen LogP contribution is 2.28. The Labute approximate surface area is 116 Å². The van der Waals surface area contributed by atoms with Gasteiger partial charge < -0.3 is 10.8 Å². The van der Waals surface area contributed by atoms with E-state index in [2.05, 4.69) is 0 Å². The van der Waals surface area contributed by atoms with Crippen LogP contribution in [0.3, 0.4) is 0 Å². The van der Waals surface area contributed by atoms with Crippen molar-refractivity contribution >= 4 is 21.4 Å². The van der Waals surface area contributed by atoms with Gasteiger partial charge in [-0.25, -0.2) is 12.8 Å². The maximum absolute atomic E-state index is 13.7. The first-order chi connectivity index (χ1) is 9.34. The Balaban J connectivity index is 2.50. The van der Waals surface area contributed by atoms with E-state index in [1.165, 1.54) is 43.4 Å². The smallest absolute Gasteiger partial charge is 0.264 e. The van der Waals surface area contributed by atoms with Gasteiger partial charge in [0, 0.05) is 7.05 Å². The van der Waals surface area contributed by atoms with Gasteiger partial charge in [0.2, 0.25) is 0 Å². The van der Waals surface area contributed by atoms with Crippen LogP contribution in [-0.4, -0.2) is 20.6 Å². The van der Waals surface area contributed by atoms with Crippen LogP contribution in [0.1, 0.15) is 0 Å². The van der Waals surface area contributed by atoms with Crippen LogP contribution < -0.4 is 10.0 Å². The molecule has 0 saturated heterocycles. The summed E-state index contributed by atoms with van der Waals surface area (Å²) in [6.07, 6.45) is 0. The van der Waals surface area contributed by atoms with E-state index in [0.29, 0.717) is 0 Å². The van der Waals surface area contributed by atoms with Gasteiger partial charge in [-0.15, -0.1) is 0 Å². The number of sulfonamides is 1. The van der Waals surface area contributed by atoms with Crippen molar-refractivity contribution in [1.82, 2.24) is 0 Å². The number of benzene rings is 2. The van der Waals surface area contributed by atoms with Crippen molar-refractivity contribution < 1.29 is 17.9 Å². The van der Waals surface area contributed by atoms with E-state index >= 15 is 0 Å². The van der Waals surface area contributed by atoms with Gasteiger partial charge in [-0.2, -0.15) is 0 Å². The first-order valence-corrected chi connectivity index (χ1v) is 7.10. The first kappa shape index (κ1) is 14.1. The van der Waals surface area contributed by atoms with E-state index in [4.69, 9.17) is 5.73 Å². The lowest BCUT2D eigenvalue weighted by Crippen LogP contribution is -2.27. The third-order valence-electron chi connectivity index (χ3n) is 2.85. The lowest BCUT2D eigenvalue weighted by atomic mass is 10.3. The highest BCUT2D eigenvalue weighted by molar-refractivity contribution is 7.92. The Morgan fingerprint density at radius 3 is 2.45 bits per heavy atom. The second kappa shape index (κ2) is 5.01. The first-order valence-electron chi connectivity index (χ1n) is 5.66. The monoisotopic (exact) mass is 296 g/mol. The predicted octanol–water partition coefficient (Wildman–Crippen LogP) is 1.94. The Kier molecular flexibility index (Phi) is 3.54. The molecule has 0 aliphatic heterocycles. The van der Waals surface area contributed by atoms with E-state index in [1.54, 1.807) is 0 Å². The van der Waals surface area contributed by atoms with Crippen molar-refractivity contribution in [2.45, 2.75) is 4.90 Å². The minimum Gasteiger partial charge on any atom is -0.506 e. The molecule has 5 nitrogen and oxygen atoms in total. The molecule has 0 amide bonds. The fourth-order valence-electron chi connectivity index (χ4n) is 1.69. The van der Waals surface area contributed by atoms with Crippen LogP contribution in [0.2, 0.25) is 0 Å². The number of hydrogen-bond acceptors (Lipinski definition) is 4. The minimum atomic E-state index is -3.95. The zero-order chi connectivity index (χ0) is 14.9. The van der Waals surface area contributed by atoms with Crippen LogP contribution >= 0.6 is 0 Å². The molecule has 0 aliphatic rings. The molecule has 7 heteroatoms. The zero-order valence-electron chi connectivity index (χ0n) is 10.6. The minimum absolute atomic E-state index is 0.0620.